The molecule has 1 heteroatoms. The number of rotatable bonds is 1. The van der Waals surface area contributed by atoms with Crippen LogP contribution in [0.4, 0.5) is 0 Å². The van der Waals surface area contributed by atoms with Gasteiger partial charge in [-0.3, -0.25) is 0 Å². The largest absolute Gasteiger partial charge is 0.389 e. The molecular formula is C7H13N. The molecule has 0 amide bonds. The molecule has 1 rings (SSSR count). The zero-order valence-corrected chi connectivity index (χ0v) is 5.41. The molecule has 8 heavy (non-hydrogen) atoms. The third-order valence-corrected chi connectivity index (χ3v) is 1.75. The van der Waals surface area contributed by atoms with E-state index in [4.69, 9.17) is 0 Å². The van der Waals surface area contributed by atoms with Crippen molar-refractivity contribution in [2.45, 2.75) is 19.8 Å². The standard InChI is InChI=1S/C7H13N/c1-3-7-4-6(2)8-5-7/h7-8H,2-5H2,1H3/t7-/m0/s1. The summed E-state index contributed by atoms with van der Waals surface area (Å²) in [6.45, 7) is 7.22. The zero-order chi connectivity index (χ0) is 5.98. The lowest BCUT2D eigenvalue weighted by Crippen LogP contribution is -2.06. The quantitative estimate of drug-likeness (QED) is 0.541. The van der Waals surface area contributed by atoms with Crippen molar-refractivity contribution < 1.29 is 0 Å². The molecule has 0 aromatic heterocycles. The summed E-state index contributed by atoms with van der Waals surface area (Å²) in [6.07, 6.45) is 2.47. The molecule has 0 bridgehead atoms. The number of hydrogen-bond acceptors (Lipinski definition) is 1. The molecule has 0 saturated carbocycles. The lowest BCUT2D eigenvalue weighted by Gasteiger charge is -1.98. The first-order valence-corrected chi connectivity index (χ1v) is 3.24. The molecule has 1 N–H and O–H groups in total. The fourth-order valence-electron chi connectivity index (χ4n) is 1.07. The summed E-state index contributed by atoms with van der Waals surface area (Å²) < 4.78 is 0. The van der Waals surface area contributed by atoms with Crippen LogP contribution in [0.5, 0.6) is 0 Å². The van der Waals surface area contributed by atoms with Gasteiger partial charge in [0.05, 0.1) is 0 Å². The van der Waals surface area contributed by atoms with Crippen molar-refractivity contribution >= 4 is 0 Å². The third kappa shape index (κ3) is 1.03. The molecule has 0 aromatic carbocycles. The van der Waals surface area contributed by atoms with Crippen LogP contribution in [0.1, 0.15) is 19.8 Å². The number of allylic oxidation sites excluding steroid dienone is 1. The minimum Gasteiger partial charge on any atom is -0.389 e. The predicted molar refractivity (Wildman–Crippen MR) is 35.5 cm³/mol. The van der Waals surface area contributed by atoms with Crippen LogP contribution in [0.3, 0.4) is 0 Å². The van der Waals surface area contributed by atoms with Crippen LogP contribution < -0.4 is 5.32 Å². The van der Waals surface area contributed by atoms with Crippen LogP contribution in [-0.4, -0.2) is 6.54 Å². The minimum atomic E-state index is 0.863. The molecule has 0 spiro atoms. The maximum Gasteiger partial charge on any atom is 0.0175 e. The average Bonchev–Trinajstić information content (AvgIpc) is 2.14. The van der Waals surface area contributed by atoms with E-state index in [1.165, 1.54) is 18.5 Å². The Kier molecular flexibility index (Phi) is 1.56. The first-order chi connectivity index (χ1) is 3.83. The molecule has 1 aliphatic heterocycles. The summed E-state index contributed by atoms with van der Waals surface area (Å²) in [5, 5.41) is 3.23. The van der Waals surface area contributed by atoms with Gasteiger partial charge in [-0.05, 0) is 12.3 Å². The van der Waals surface area contributed by atoms with Gasteiger partial charge in [-0.2, -0.15) is 0 Å². The van der Waals surface area contributed by atoms with Crippen LogP contribution in [0, 0.1) is 5.92 Å². The van der Waals surface area contributed by atoms with Crippen molar-refractivity contribution in [3.8, 4) is 0 Å². The highest BCUT2D eigenvalue weighted by molar-refractivity contribution is 4.99. The number of hydrogen-bond donors (Lipinski definition) is 1. The Balaban J connectivity index is 2.32. The van der Waals surface area contributed by atoms with Gasteiger partial charge in [-0.15, -0.1) is 0 Å². The molecule has 0 aliphatic carbocycles. The van der Waals surface area contributed by atoms with E-state index in [0.717, 1.165) is 12.5 Å². The van der Waals surface area contributed by atoms with E-state index >= 15 is 0 Å². The van der Waals surface area contributed by atoms with E-state index in [9.17, 15) is 0 Å². The van der Waals surface area contributed by atoms with Crippen LogP contribution in [0.15, 0.2) is 12.3 Å². The second kappa shape index (κ2) is 2.21. The Morgan fingerprint density at radius 2 is 2.62 bits per heavy atom. The zero-order valence-electron chi connectivity index (χ0n) is 5.41. The first-order valence-electron chi connectivity index (χ1n) is 3.24. The highest BCUT2D eigenvalue weighted by Crippen LogP contribution is 2.17. The van der Waals surface area contributed by atoms with Crippen LogP contribution in [0.2, 0.25) is 0 Å². The molecule has 1 nitrogen and oxygen atoms in total. The van der Waals surface area contributed by atoms with Gasteiger partial charge >= 0.3 is 0 Å². The minimum absolute atomic E-state index is 0.863. The lowest BCUT2D eigenvalue weighted by atomic mass is 10.1. The molecule has 1 heterocycles. The molecular weight excluding hydrogens is 98.1 g/mol. The van der Waals surface area contributed by atoms with E-state index in [0.29, 0.717) is 0 Å². The smallest absolute Gasteiger partial charge is 0.0175 e. The van der Waals surface area contributed by atoms with Crippen molar-refractivity contribution in [1.82, 2.24) is 5.32 Å². The summed E-state index contributed by atoms with van der Waals surface area (Å²) in [7, 11) is 0. The highest BCUT2D eigenvalue weighted by Gasteiger charge is 2.13. The maximum atomic E-state index is 3.84. The predicted octanol–water partition coefficient (Wildman–Crippen LogP) is 1.52. The van der Waals surface area contributed by atoms with Gasteiger partial charge in [0.1, 0.15) is 0 Å². The highest BCUT2D eigenvalue weighted by atomic mass is 14.9. The molecule has 0 unspecified atom stereocenters. The Morgan fingerprint density at radius 1 is 1.88 bits per heavy atom. The van der Waals surface area contributed by atoms with E-state index in [2.05, 4.69) is 18.8 Å². The van der Waals surface area contributed by atoms with E-state index < -0.39 is 0 Å². The lowest BCUT2D eigenvalue weighted by molar-refractivity contribution is 0.566. The topological polar surface area (TPSA) is 12.0 Å². The first kappa shape index (κ1) is 5.67. The van der Waals surface area contributed by atoms with Crippen molar-refractivity contribution in [2.75, 3.05) is 6.54 Å². The Hall–Kier alpha value is -0.460. The van der Waals surface area contributed by atoms with Gasteiger partial charge in [-0.25, -0.2) is 0 Å². The summed E-state index contributed by atoms with van der Waals surface area (Å²) >= 11 is 0. The van der Waals surface area contributed by atoms with Gasteiger partial charge < -0.3 is 5.32 Å². The van der Waals surface area contributed by atoms with E-state index in [-0.39, 0.29) is 0 Å². The van der Waals surface area contributed by atoms with E-state index in [1.54, 1.807) is 0 Å². The van der Waals surface area contributed by atoms with Crippen molar-refractivity contribution in [3.05, 3.63) is 12.3 Å². The van der Waals surface area contributed by atoms with Gasteiger partial charge in [0.2, 0.25) is 0 Å². The SMILES string of the molecule is C=C1C[C@H](CC)CN1. The average molecular weight is 111 g/mol. The monoisotopic (exact) mass is 111 g/mol. The molecule has 1 saturated heterocycles. The Morgan fingerprint density at radius 3 is 2.88 bits per heavy atom. The van der Waals surface area contributed by atoms with Gasteiger partial charge in [0.15, 0.2) is 0 Å². The second-order valence-electron chi connectivity index (χ2n) is 2.46. The van der Waals surface area contributed by atoms with E-state index in [1.807, 2.05) is 0 Å². The van der Waals surface area contributed by atoms with Crippen molar-refractivity contribution in [3.63, 3.8) is 0 Å². The second-order valence-corrected chi connectivity index (χ2v) is 2.46. The summed E-state index contributed by atoms with van der Waals surface area (Å²) in [6, 6.07) is 0. The summed E-state index contributed by atoms with van der Waals surface area (Å²) in [4.78, 5) is 0. The fourth-order valence-corrected chi connectivity index (χ4v) is 1.07. The van der Waals surface area contributed by atoms with Crippen LogP contribution in [0.25, 0.3) is 0 Å². The summed E-state index contributed by atoms with van der Waals surface area (Å²) in [5.41, 5.74) is 1.22. The van der Waals surface area contributed by atoms with Gasteiger partial charge in [0.25, 0.3) is 0 Å². The van der Waals surface area contributed by atoms with Crippen LogP contribution >= 0.6 is 0 Å². The van der Waals surface area contributed by atoms with Gasteiger partial charge in [0, 0.05) is 12.2 Å². The normalized spacial score (nSPS) is 28.1. The summed E-state index contributed by atoms with van der Waals surface area (Å²) in [5.74, 6) is 0.863. The molecule has 1 aliphatic rings. The third-order valence-electron chi connectivity index (χ3n) is 1.75. The Labute approximate surface area is 50.8 Å². The molecule has 0 radical (unpaired) electrons. The molecule has 46 valence electrons. The fraction of sp³-hybridized carbons (Fsp3) is 0.714. The van der Waals surface area contributed by atoms with Crippen molar-refractivity contribution in [1.29, 1.82) is 0 Å². The maximum absolute atomic E-state index is 3.84. The van der Waals surface area contributed by atoms with Crippen LogP contribution in [-0.2, 0) is 0 Å². The number of nitrogens with one attached hydrogen (secondary N) is 1. The molecule has 1 atom stereocenters. The molecule has 0 aromatic rings. The van der Waals surface area contributed by atoms with Crippen molar-refractivity contribution in [2.24, 2.45) is 5.92 Å². The van der Waals surface area contributed by atoms with Gasteiger partial charge in [-0.1, -0.05) is 19.9 Å². The Bertz CT molecular complexity index is 96.6. The molecule has 1 fully saturated rings.